The van der Waals surface area contributed by atoms with Crippen LogP contribution in [0.2, 0.25) is 0 Å². The molecule has 0 saturated carbocycles. The van der Waals surface area contributed by atoms with Crippen molar-refractivity contribution < 1.29 is 14.6 Å². The van der Waals surface area contributed by atoms with Gasteiger partial charge in [0.15, 0.2) is 18.2 Å². The van der Waals surface area contributed by atoms with Crippen molar-refractivity contribution in [2.75, 3.05) is 11.9 Å². The largest absolute Gasteiger partial charge is 0.504 e. The van der Waals surface area contributed by atoms with Crippen LogP contribution in [-0.4, -0.2) is 22.6 Å². The van der Waals surface area contributed by atoms with Crippen LogP contribution in [0.5, 0.6) is 11.5 Å². The zero-order valence-electron chi connectivity index (χ0n) is 12.0. The minimum Gasteiger partial charge on any atom is -0.504 e. The number of rotatable bonds is 5. The van der Waals surface area contributed by atoms with Crippen molar-refractivity contribution in [1.29, 1.82) is 0 Å². The van der Waals surface area contributed by atoms with Crippen molar-refractivity contribution >= 4 is 11.7 Å². The Morgan fingerprint density at radius 3 is 2.76 bits per heavy atom. The Labute approximate surface area is 123 Å². The molecule has 1 aromatic heterocycles. The van der Waals surface area contributed by atoms with E-state index in [0.29, 0.717) is 11.7 Å². The molecule has 5 heteroatoms. The number of pyridine rings is 1. The number of aromatic nitrogens is 1. The lowest BCUT2D eigenvalue weighted by Crippen LogP contribution is -2.21. The van der Waals surface area contributed by atoms with Crippen LogP contribution in [0.4, 0.5) is 5.82 Å². The van der Waals surface area contributed by atoms with Crippen molar-refractivity contribution in [3.8, 4) is 11.5 Å². The van der Waals surface area contributed by atoms with Crippen LogP contribution in [-0.2, 0) is 4.79 Å². The summed E-state index contributed by atoms with van der Waals surface area (Å²) in [5.41, 5.74) is 1.05. The molecule has 0 atom stereocenters. The smallest absolute Gasteiger partial charge is 0.263 e. The molecule has 1 amide bonds. The molecule has 0 fully saturated rings. The molecule has 1 heterocycles. The first-order valence-corrected chi connectivity index (χ1v) is 6.73. The minimum absolute atomic E-state index is 0.0755. The Hall–Kier alpha value is -2.56. The number of aromatic hydroxyl groups is 1. The van der Waals surface area contributed by atoms with E-state index < -0.39 is 0 Å². The molecule has 2 rings (SSSR count). The van der Waals surface area contributed by atoms with Crippen LogP contribution < -0.4 is 10.1 Å². The van der Waals surface area contributed by atoms with Gasteiger partial charge in [0.25, 0.3) is 5.91 Å². The maximum absolute atomic E-state index is 11.8. The molecule has 2 aromatic rings. The maximum Gasteiger partial charge on any atom is 0.263 e. The van der Waals surface area contributed by atoms with Crippen LogP contribution in [0.15, 0.2) is 42.6 Å². The summed E-state index contributed by atoms with van der Waals surface area (Å²) in [6, 6.07) is 10.7. The Balaban J connectivity index is 1.97. The van der Waals surface area contributed by atoms with Crippen molar-refractivity contribution in [3.05, 3.63) is 48.2 Å². The summed E-state index contributed by atoms with van der Waals surface area (Å²) in [5.74, 6) is 0.677. The van der Waals surface area contributed by atoms with Gasteiger partial charge in [-0.15, -0.1) is 0 Å². The number of carbonyl (C=O) groups is 1. The van der Waals surface area contributed by atoms with Gasteiger partial charge in [0.05, 0.1) is 0 Å². The van der Waals surface area contributed by atoms with E-state index in [4.69, 9.17) is 4.74 Å². The monoisotopic (exact) mass is 286 g/mol. The molecular formula is C16H18N2O3. The summed E-state index contributed by atoms with van der Waals surface area (Å²) in [4.78, 5) is 15.7. The van der Waals surface area contributed by atoms with E-state index in [9.17, 15) is 9.90 Å². The van der Waals surface area contributed by atoms with E-state index in [-0.39, 0.29) is 24.1 Å². The number of para-hydroxylation sites is 1. The first kappa shape index (κ1) is 14.8. The van der Waals surface area contributed by atoms with Crippen molar-refractivity contribution in [1.82, 2.24) is 4.98 Å². The number of hydrogen-bond acceptors (Lipinski definition) is 4. The fraction of sp³-hybridized carbons (Fsp3) is 0.250. The van der Waals surface area contributed by atoms with Crippen LogP contribution in [0.1, 0.15) is 25.3 Å². The van der Waals surface area contributed by atoms with E-state index in [1.165, 1.54) is 12.3 Å². The Morgan fingerprint density at radius 2 is 2.05 bits per heavy atom. The zero-order chi connectivity index (χ0) is 15.2. The molecule has 0 bridgehead atoms. The lowest BCUT2D eigenvalue weighted by Gasteiger charge is -2.13. The average Bonchev–Trinajstić information content (AvgIpc) is 2.48. The van der Waals surface area contributed by atoms with Gasteiger partial charge in [-0.05, 0) is 29.7 Å². The molecule has 0 aliphatic rings. The third-order valence-electron chi connectivity index (χ3n) is 2.94. The van der Waals surface area contributed by atoms with Crippen molar-refractivity contribution in [3.63, 3.8) is 0 Å². The number of benzene rings is 1. The highest BCUT2D eigenvalue weighted by atomic mass is 16.5. The highest BCUT2D eigenvalue weighted by molar-refractivity contribution is 5.92. The molecule has 1 aromatic carbocycles. The summed E-state index contributed by atoms with van der Waals surface area (Å²) >= 11 is 0. The highest BCUT2D eigenvalue weighted by Crippen LogP contribution is 2.25. The minimum atomic E-state index is -0.373. The quantitative estimate of drug-likeness (QED) is 0.886. The third-order valence-corrected chi connectivity index (χ3v) is 2.94. The molecule has 0 aliphatic carbocycles. The van der Waals surface area contributed by atoms with Gasteiger partial charge < -0.3 is 15.2 Å². The average molecular weight is 286 g/mol. The molecule has 5 nitrogen and oxygen atoms in total. The summed E-state index contributed by atoms with van der Waals surface area (Å²) in [5, 5.41) is 12.0. The van der Waals surface area contributed by atoms with E-state index in [0.717, 1.165) is 5.56 Å². The lowest BCUT2D eigenvalue weighted by molar-refractivity contribution is -0.118. The number of amides is 1. The van der Waals surface area contributed by atoms with Crippen molar-refractivity contribution in [2.24, 2.45) is 0 Å². The van der Waals surface area contributed by atoms with Gasteiger partial charge in [0.1, 0.15) is 5.75 Å². The third kappa shape index (κ3) is 3.95. The predicted octanol–water partition coefficient (Wildman–Crippen LogP) is 2.93. The Morgan fingerprint density at radius 1 is 1.29 bits per heavy atom. The molecule has 21 heavy (non-hydrogen) atoms. The van der Waals surface area contributed by atoms with Gasteiger partial charge in [-0.2, -0.15) is 0 Å². The standard InChI is InChI=1S/C16H18N2O3/c1-11(2)12-6-3-4-8-14(12)21-10-15(20)18-16-13(19)7-5-9-17-16/h3-9,11,19H,10H2,1-2H3,(H,17,18,20). The van der Waals surface area contributed by atoms with Crippen LogP contribution in [0, 0.1) is 0 Å². The second kappa shape index (κ2) is 6.74. The van der Waals surface area contributed by atoms with E-state index in [1.807, 2.05) is 24.3 Å². The van der Waals surface area contributed by atoms with E-state index in [1.54, 1.807) is 6.07 Å². The SMILES string of the molecule is CC(C)c1ccccc1OCC(=O)Nc1ncccc1O. The highest BCUT2D eigenvalue weighted by Gasteiger charge is 2.11. The second-order valence-corrected chi connectivity index (χ2v) is 4.90. The van der Waals surface area contributed by atoms with Gasteiger partial charge in [-0.1, -0.05) is 32.0 Å². The van der Waals surface area contributed by atoms with Gasteiger partial charge >= 0.3 is 0 Å². The summed E-state index contributed by atoms with van der Waals surface area (Å²) in [6.07, 6.45) is 1.49. The molecule has 0 spiro atoms. The van der Waals surface area contributed by atoms with E-state index in [2.05, 4.69) is 24.1 Å². The fourth-order valence-corrected chi connectivity index (χ4v) is 1.89. The normalized spacial score (nSPS) is 10.4. The number of nitrogens with one attached hydrogen (secondary N) is 1. The molecular weight excluding hydrogens is 268 g/mol. The number of anilines is 1. The number of nitrogens with zero attached hydrogens (tertiary/aromatic N) is 1. The zero-order valence-corrected chi connectivity index (χ0v) is 12.0. The number of ether oxygens (including phenoxy) is 1. The lowest BCUT2D eigenvalue weighted by atomic mass is 10.0. The van der Waals surface area contributed by atoms with Crippen molar-refractivity contribution in [2.45, 2.75) is 19.8 Å². The van der Waals surface area contributed by atoms with E-state index >= 15 is 0 Å². The van der Waals surface area contributed by atoms with Gasteiger partial charge in [-0.25, -0.2) is 4.98 Å². The second-order valence-electron chi connectivity index (χ2n) is 4.90. The summed E-state index contributed by atoms with van der Waals surface area (Å²) in [7, 11) is 0. The molecule has 0 unspecified atom stereocenters. The molecule has 110 valence electrons. The van der Waals surface area contributed by atoms with Gasteiger partial charge in [0, 0.05) is 6.20 Å². The maximum atomic E-state index is 11.8. The first-order chi connectivity index (χ1) is 10.1. The first-order valence-electron chi connectivity index (χ1n) is 6.73. The number of carbonyl (C=O) groups excluding carboxylic acids is 1. The molecule has 0 radical (unpaired) electrons. The van der Waals surface area contributed by atoms with Crippen LogP contribution >= 0.6 is 0 Å². The summed E-state index contributed by atoms with van der Waals surface area (Å²) < 4.78 is 5.55. The van der Waals surface area contributed by atoms with Crippen LogP contribution in [0.25, 0.3) is 0 Å². The van der Waals surface area contributed by atoms with Crippen LogP contribution in [0.3, 0.4) is 0 Å². The summed E-state index contributed by atoms with van der Waals surface area (Å²) in [6.45, 7) is 3.99. The fourth-order valence-electron chi connectivity index (χ4n) is 1.89. The molecule has 2 N–H and O–H groups in total. The van der Waals surface area contributed by atoms with Gasteiger partial charge in [0.2, 0.25) is 0 Å². The Bertz CT molecular complexity index is 626. The topological polar surface area (TPSA) is 71.5 Å². The Kier molecular flexibility index (Phi) is 4.77. The predicted molar refractivity (Wildman–Crippen MR) is 80.6 cm³/mol. The molecule has 0 saturated heterocycles. The van der Waals surface area contributed by atoms with Gasteiger partial charge in [-0.3, -0.25) is 4.79 Å². The molecule has 0 aliphatic heterocycles. The number of hydrogen-bond donors (Lipinski definition) is 2.